The minimum atomic E-state index is -0.495. The van der Waals surface area contributed by atoms with Crippen LogP contribution in [-0.4, -0.2) is 41.4 Å². The zero-order valence-corrected chi connectivity index (χ0v) is 21.7. The largest absolute Gasteiger partial charge is 0.370 e. The molecule has 0 unspecified atom stereocenters. The number of hydrogen-bond donors (Lipinski definition) is 2. The molecule has 1 heterocycles. The average Bonchev–Trinajstić information content (AvgIpc) is 3.25. The van der Waals surface area contributed by atoms with Crippen LogP contribution in [0, 0.1) is 17.6 Å². The van der Waals surface area contributed by atoms with E-state index >= 15 is 0 Å². The van der Waals surface area contributed by atoms with Gasteiger partial charge in [0.2, 0.25) is 11.8 Å². The van der Waals surface area contributed by atoms with Crippen molar-refractivity contribution in [2.24, 2.45) is 11.7 Å². The van der Waals surface area contributed by atoms with Gasteiger partial charge >= 0.3 is 0 Å². The molecular formula is C29H36F2N4O2. The molecule has 3 aromatic rings. The maximum absolute atomic E-state index is 14.7. The van der Waals surface area contributed by atoms with Crippen molar-refractivity contribution in [1.82, 2.24) is 14.8 Å². The third-order valence-electron chi connectivity index (χ3n) is 6.38. The lowest BCUT2D eigenvalue weighted by molar-refractivity contribution is -0.125. The van der Waals surface area contributed by atoms with Crippen LogP contribution in [-0.2, 0) is 16.1 Å². The molecule has 3 N–H and O–H groups in total. The molecule has 2 aromatic carbocycles. The maximum atomic E-state index is 14.7. The number of primary amides is 1. The van der Waals surface area contributed by atoms with Crippen LogP contribution in [0.4, 0.5) is 8.78 Å². The van der Waals surface area contributed by atoms with Crippen LogP contribution in [0.5, 0.6) is 0 Å². The summed E-state index contributed by atoms with van der Waals surface area (Å²) in [5.74, 6) is -1.41. The van der Waals surface area contributed by atoms with Gasteiger partial charge in [-0.3, -0.25) is 14.5 Å². The molecule has 3 rings (SSSR count). The second-order valence-corrected chi connectivity index (χ2v) is 9.73. The van der Waals surface area contributed by atoms with E-state index in [1.165, 1.54) is 6.07 Å². The summed E-state index contributed by atoms with van der Waals surface area (Å²) < 4.78 is 30.8. The van der Waals surface area contributed by atoms with Gasteiger partial charge in [-0.2, -0.15) is 0 Å². The SMILES string of the molecule is CC(C)[C@H](c1cc(-c2cc(F)ccc2F)cn1Cc1ccccc1)N(C)CCCNC(=O)CCC(N)=O. The number of rotatable bonds is 13. The van der Waals surface area contributed by atoms with Crippen LogP contribution >= 0.6 is 0 Å². The number of carbonyl (C=O) groups excluding carboxylic acids is 2. The number of hydrogen-bond acceptors (Lipinski definition) is 3. The molecule has 8 heteroatoms. The predicted molar refractivity (Wildman–Crippen MR) is 142 cm³/mol. The van der Waals surface area contributed by atoms with Crippen molar-refractivity contribution in [2.45, 2.75) is 45.7 Å². The molecule has 198 valence electrons. The molecule has 37 heavy (non-hydrogen) atoms. The van der Waals surface area contributed by atoms with Crippen LogP contribution in [0.2, 0.25) is 0 Å². The lowest BCUT2D eigenvalue weighted by Gasteiger charge is -2.32. The molecule has 0 spiro atoms. The number of carbonyl (C=O) groups is 2. The molecule has 0 saturated heterocycles. The van der Waals surface area contributed by atoms with E-state index in [0.29, 0.717) is 31.6 Å². The van der Waals surface area contributed by atoms with E-state index in [2.05, 4.69) is 28.6 Å². The second-order valence-electron chi connectivity index (χ2n) is 9.73. The first-order chi connectivity index (χ1) is 17.7. The first kappa shape index (κ1) is 28.1. The van der Waals surface area contributed by atoms with E-state index in [9.17, 15) is 18.4 Å². The lowest BCUT2D eigenvalue weighted by atomic mass is 9.97. The minimum Gasteiger partial charge on any atom is -0.370 e. The van der Waals surface area contributed by atoms with Crippen molar-refractivity contribution in [1.29, 1.82) is 0 Å². The van der Waals surface area contributed by atoms with Crippen LogP contribution in [0.1, 0.15) is 50.4 Å². The molecular weight excluding hydrogens is 474 g/mol. The average molecular weight is 511 g/mol. The summed E-state index contributed by atoms with van der Waals surface area (Å²) in [7, 11) is 2.03. The van der Waals surface area contributed by atoms with Gasteiger partial charge in [0, 0.05) is 55.5 Å². The smallest absolute Gasteiger partial charge is 0.220 e. The van der Waals surface area contributed by atoms with Gasteiger partial charge in [-0.15, -0.1) is 0 Å². The number of halogens is 2. The van der Waals surface area contributed by atoms with E-state index in [4.69, 9.17) is 5.73 Å². The predicted octanol–water partition coefficient (Wildman–Crippen LogP) is 4.88. The topological polar surface area (TPSA) is 80.4 Å². The van der Waals surface area contributed by atoms with E-state index in [-0.39, 0.29) is 36.3 Å². The normalized spacial score (nSPS) is 12.2. The molecule has 1 atom stereocenters. The van der Waals surface area contributed by atoms with E-state index in [1.807, 2.05) is 49.6 Å². The van der Waals surface area contributed by atoms with E-state index in [1.54, 1.807) is 0 Å². The standard InChI is InChI=1S/C29H36F2N4O2/c1-20(2)29(34(3)15-7-14-33-28(37)13-12-27(32)36)26-16-22(24-17-23(30)10-11-25(24)31)19-35(26)18-21-8-5-4-6-9-21/h4-6,8-11,16-17,19-20,29H,7,12-15,18H2,1-3H3,(H2,32,36)(H,33,37)/t29-/m1/s1. The third-order valence-corrected chi connectivity index (χ3v) is 6.38. The summed E-state index contributed by atoms with van der Waals surface area (Å²) in [4.78, 5) is 25.0. The zero-order valence-electron chi connectivity index (χ0n) is 21.7. The van der Waals surface area contributed by atoms with Gasteiger partial charge in [-0.1, -0.05) is 44.2 Å². The highest BCUT2D eigenvalue weighted by atomic mass is 19.1. The van der Waals surface area contributed by atoms with Crippen LogP contribution in [0.25, 0.3) is 11.1 Å². The number of amides is 2. The van der Waals surface area contributed by atoms with Crippen molar-refractivity contribution >= 4 is 11.8 Å². The Morgan fingerprint density at radius 3 is 2.46 bits per heavy atom. The first-order valence-electron chi connectivity index (χ1n) is 12.6. The summed E-state index contributed by atoms with van der Waals surface area (Å²) in [6.45, 7) is 6.06. The monoisotopic (exact) mass is 510 g/mol. The Morgan fingerprint density at radius 1 is 1.05 bits per heavy atom. The highest BCUT2D eigenvalue weighted by Gasteiger charge is 2.25. The van der Waals surface area contributed by atoms with Crippen LogP contribution in [0.3, 0.4) is 0 Å². The maximum Gasteiger partial charge on any atom is 0.220 e. The van der Waals surface area contributed by atoms with Crippen molar-refractivity contribution in [3.8, 4) is 11.1 Å². The highest BCUT2D eigenvalue weighted by Crippen LogP contribution is 2.34. The molecule has 0 bridgehead atoms. The van der Waals surface area contributed by atoms with E-state index in [0.717, 1.165) is 23.4 Å². The van der Waals surface area contributed by atoms with Gasteiger partial charge in [0.25, 0.3) is 0 Å². The molecule has 0 saturated carbocycles. The number of aromatic nitrogens is 1. The Bertz CT molecular complexity index is 1190. The molecule has 0 fully saturated rings. The van der Waals surface area contributed by atoms with Gasteiger partial charge in [0.05, 0.1) is 6.04 Å². The van der Waals surface area contributed by atoms with Gasteiger partial charge in [0.1, 0.15) is 11.6 Å². The molecule has 0 aliphatic heterocycles. The number of nitrogens with zero attached hydrogens (tertiary/aromatic N) is 2. The van der Waals surface area contributed by atoms with Gasteiger partial charge in [-0.25, -0.2) is 8.78 Å². The quantitative estimate of drug-likeness (QED) is 0.322. The number of benzene rings is 2. The Kier molecular flexibility index (Phi) is 9.97. The Labute approximate surface area is 217 Å². The van der Waals surface area contributed by atoms with Crippen molar-refractivity contribution in [2.75, 3.05) is 20.1 Å². The molecule has 0 radical (unpaired) electrons. The minimum absolute atomic E-state index is 0.000328. The zero-order chi connectivity index (χ0) is 26.9. The lowest BCUT2D eigenvalue weighted by Crippen LogP contribution is -2.33. The van der Waals surface area contributed by atoms with Gasteiger partial charge in [0.15, 0.2) is 0 Å². The molecule has 0 aliphatic carbocycles. The summed E-state index contributed by atoms with van der Waals surface area (Å²) in [5.41, 5.74) is 8.07. The molecule has 0 aliphatic rings. The Morgan fingerprint density at radius 2 is 1.78 bits per heavy atom. The highest BCUT2D eigenvalue weighted by molar-refractivity contribution is 5.82. The van der Waals surface area contributed by atoms with E-state index < -0.39 is 17.5 Å². The number of nitrogens with one attached hydrogen (secondary N) is 1. The molecule has 6 nitrogen and oxygen atoms in total. The van der Waals surface area contributed by atoms with Crippen molar-refractivity contribution < 1.29 is 18.4 Å². The number of nitrogens with two attached hydrogens (primary N) is 1. The molecule has 2 amide bonds. The molecule has 1 aromatic heterocycles. The van der Waals surface area contributed by atoms with Gasteiger partial charge in [-0.05, 0) is 49.2 Å². The Hall–Kier alpha value is -3.52. The summed E-state index contributed by atoms with van der Waals surface area (Å²) in [5, 5.41) is 2.83. The fourth-order valence-corrected chi connectivity index (χ4v) is 4.66. The summed E-state index contributed by atoms with van der Waals surface area (Å²) in [6.07, 6.45) is 2.73. The van der Waals surface area contributed by atoms with Gasteiger partial charge < -0.3 is 15.6 Å². The second kappa shape index (κ2) is 13.1. The summed E-state index contributed by atoms with van der Waals surface area (Å²) in [6, 6.07) is 15.5. The summed E-state index contributed by atoms with van der Waals surface area (Å²) >= 11 is 0. The first-order valence-corrected chi connectivity index (χ1v) is 12.6. The van der Waals surface area contributed by atoms with Crippen molar-refractivity contribution in [3.63, 3.8) is 0 Å². The third kappa shape index (κ3) is 7.98. The van der Waals surface area contributed by atoms with Crippen LogP contribution < -0.4 is 11.1 Å². The fraction of sp³-hybridized carbons (Fsp3) is 0.379. The van der Waals surface area contributed by atoms with Crippen molar-refractivity contribution in [3.05, 3.63) is 83.7 Å². The fourth-order valence-electron chi connectivity index (χ4n) is 4.66. The van der Waals surface area contributed by atoms with Crippen LogP contribution in [0.15, 0.2) is 60.8 Å². The Balaban J connectivity index is 1.82.